The van der Waals surface area contributed by atoms with Crippen LogP contribution in [0.15, 0.2) is 45.9 Å². The summed E-state index contributed by atoms with van der Waals surface area (Å²) in [7, 11) is 0. The second-order valence-corrected chi connectivity index (χ2v) is 5.92. The number of benzene rings is 1. The Morgan fingerprint density at radius 1 is 1.26 bits per heavy atom. The third-order valence-corrected chi connectivity index (χ3v) is 3.83. The topological polar surface area (TPSA) is 42.2 Å². The normalized spacial score (nSPS) is 10.9. The van der Waals surface area contributed by atoms with Gasteiger partial charge < -0.3 is 9.72 Å². The quantitative estimate of drug-likeness (QED) is 0.678. The molecule has 2 heterocycles. The van der Waals surface area contributed by atoms with Gasteiger partial charge in [-0.2, -0.15) is 0 Å². The highest BCUT2D eigenvalue weighted by Crippen LogP contribution is 2.29. The van der Waals surface area contributed by atoms with Crippen molar-refractivity contribution in [1.82, 2.24) is 14.4 Å². The number of aromatic nitrogens is 3. The molecule has 3 rings (SSSR count). The van der Waals surface area contributed by atoms with E-state index < -0.39 is 0 Å². The van der Waals surface area contributed by atoms with E-state index in [1.165, 1.54) is 0 Å². The lowest BCUT2D eigenvalue weighted by Gasteiger charge is -2.09. The fourth-order valence-corrected chi connectivity index (χ4v) is 2.62. The summed E-state index contributed by atoms with van der Waals surface area (Å²) in [6.07, 6.45) is 5.43. The summed E-state index contributed by atoms with van der Waals surface area (Å²) in [4.78, 5) is 8.67. The Morgan fingerprint density at radius 3 is 2.95 bits per heavy atom. The van der Waals surface area contributed by atoms with E-state index >= 15 is 0 Å². The molecule has 2 aromatic heterocycles. The van der Waals surface area contributed by atoms with E-state index in [2.05, 4.69) is 47.1 Å². The molecule has 19 heavy (non-hydrogen) atoms. The zero-order chi connectivity index (χ0) is 13.4. The molecule has 0 aliphatic carbocycles. The van der Waals surface area contributed by atoms with Crippen LogP contribution in [0.25, 0.3) is 5.65 Å². The molecule has 0 unspecified atom stereocenters. The van der Waals surface area contributed by atoms with Crippen molar-refractivity contribution in [1.29, 1.82) is 0 Å². The van der Waals surface area contributed by atoms with Gasteiger partial charge in [-0.05, 0) is 50.1 Å². The van der Waals surface area contributed by atoms with Crippen molar-refractivity contribution in [3.63, 3.8) is 0 Å². The van der Waals surface area contributed by atoms with Gasteiger partial charge in [0.15, 0.2) is 11.5 Å². The summed E-state index contributed by atoms with van der Waals surface area (Å²) in [5.41, 5.74) is 1.58. The third-order valence-electron chi connectivity index (χ3n) is 2.53. The van der Waals surface area contributed by atoms with E-state index in [0.717, 1.165) is 20.4 Å². The first-order valence-electron chi connectivity index (χ1n) is 5.35. The van der Waals surface area contributed by atoms with Crippen LogP contribution < -0.4 is 5.32 Å². The Hall–Kier alpha value is -1.11. The Bertz CT molecular complexity index is 757. The molecule has 0 amide bonds. The average Bonchev–Trinajstić information content (AvgIpc) is 2.82. The van der Waals surface area contributed by atoms with Gasteiger partial charge in [-0.15, -0.1) is 0 Å². The highest BCUT2D eigenvalue weighted by Gasteiger charge is 2.09. The molecular formula is C12H7Br2ClN4. The van der Waals surface area contributed by atoms with Crippen LogP contribution in [-0.2, 0) is 0 Å². The number of fused-ring (bicyclic) bond motifs is 1. The van der Waals surface area contributed by atoms with Gasteiger partial charge in [-0.25, -0.2) is 9.97 Å². The fourth-order valence-electron chi connectivity index (χ4n) is 1.71. The Balaban J connectivity index is 2.10. The lowest BCUT2D eigenvalue weighted by atomic mass is 10.3. The van der Waals surface area contributed by atoms with Crippen LogP contribution in [0.4, 0.5) is 11.5 Å². The molecule has 0 saturated heterocycles. The molecule has 0 saturated carbocycles. The molecule has 0 atom stereocenters. The summed E-state index contributed by atoms with van der Waals surface area (Å²) < 4.78 is 3.51. The first-order valence-corrected chi connectivity index (χ1v) is 7.31. The van der Waals surface area contributed by atoms with Crippen LogP contribution in [-0.4, -0.2) is 14.4 Å². The second-order valence-electron chi connectivity index (χ2n) is 3.82. The summed E-state index contributed by atoms with van der Waals surface area (Å²) >= 11 is 12.9. The standard InChI is InChI=1S/C12H7Br2ClN4/c13-8-2-1-7(15)5-9(8)17-11-12-16-3-4-19(12)6-10(14)18-11/h1-6H,(H,17,18). The van der Waals surface area contributed by atoms with Crippen molar-refractivity contribution in [3.8, 4) is 0 Å². The van der Waals surface area contributed by atoms with E-state index in [1.807, 2.05) is 35.0 Å². The number of hydrogen-bond acceptors (Lipinski definition) is 3. The van der Waals surface area contributed by atoms with Gasteiger partial charge >= 0.3 is 0 Å². The molecule has 4 nitrogen and oxygen atoms in total. The number of rotatable bonds is 2. The van der Waals surface area contributed by atoms with Gasteiger partial charge in [0, 0.05) is 28.1 Å². The number of hydrogen-bond donors (Lipinski definition) is 1. The third kappa shape index (κ3) is 2.61. The van der Waals surface area contributed by atoms with Crippen LogP contribution in [0.3, 0.4) is 0 Å². The monoisotopic (exact) mass is 400 g/mol. The predicted octanol–water partition coefficient (Wildman–Crippen LogP) is 4.65. The van der Waals surface area contributed by atoms with Gasteiger partial charge in [0.2, 0.25) is 0 Å². The Labute approximate surface area is 131 Å². The molecule has 1 aromatic carbocycles. The zero-order valence-electron chi connectivity index (χ0n) is 9.44. The Kier molecular flexibility index (Phi) is 3.47. The summed E-state index contributed by atoms with van der Waals surface area (Å²) in [6, 6.07) is 5.52. The fraction of sp³-hybridized carbons (Fsp3) is 0. The van der Waals surface area contributed by atoms with Crippen molar-refractivity contribution in [2.75, 3.05) is 5.32 Å². The van der Waals surface area contributed by atoms with Gasteiger partial charge in [-0.1, -0.05) is 11.6 Å². The van der Waals surface area contributed by atoms with Crippen molar-refractivity contribution in [2.24, 2.45) is 0 Å². The van der Waals surface area contributed by atoms with E-state index in [9.17, 15) is 0 Å². The van der Waals surface area contributed by atoms with Crippen molar-refractivity contribution >= 4 is 60.6 Å². The second kappa shape index (κ2) is 5.11. The van der Waals surface area contributed by atoms with Crippen molar-refractivity contribution in [3.05, 3.63) is 50.9 Å². The lowest BCUT2D eigenvalue weighted by molar-refractivity contribution is 1.10. The predicted molar refractivity (Wildman–Crippen MR) is 83.1 cm³/mol. The molecule has 0 aliphatic heterocycles. The van der Waals surface area contributed by atoms with Crippen LogP contribution in [0.2, 0.25) is 5.02 Å². The van der Waals surface area contributed by atoms with E-state index in [1.54, 1.807) is 6.20 Å². The van der Waals surface area contributed by atoms with E-state index in [4.69, 9.17) is 11.6 Å². The lowest BCUT2D eigenvalue weighted by Crippen LogP contribution is -1.99. The minimum Gasteiger partial charge on any atom is -0.336 e. The molecular weight excluding hydrogens is 395 g/mol. The number of nitrogens with one attached hydrogen (secondary N) is 1. The van der Waals surface area contributed by atoms with Gasteiger partial charge in [0.05, 0.1) is 5.69 Å². The van der Waals surface area contributed by atoms with Crippen molar-refractivity contribution in [2.45, 2.75) is 0 Å². The highest BCUT2D eigenvalue weighted by molar-refractivity contribution is 9.10. The summed E-state index contributed by atoms with van der Waals surface area (Å²) in [6.45, 7) is 0. The first-order chi connectivity index (χ1) is 9.13. The zero-order valence-corrected chi connectivity index (χ0v) is 13.4. The van der Waals surface area contributed by atoms with E-state index in [-0.39, 0.29) is 0 Å². The summed E-state index contributed by atoms with van der Waals surface area (Å²) in [5, 5.41) is 3.88. The molecule has 0 radical (unpaired) electrons. The molecule has 0 aliphatic rings. The van der Waals surface area contributed by atoms with Gasteiger partial charge in [0.25, 0.3) is 0 Å². The SMILES string of the molecule is Clc1ccc(Br)c(Nc2nc(Br)cn3ccnc23)c1. The molecule has 3 aromatic rings. The van der Waals surface area contributed by atoms with Crippen molar-refractivity contribution < 1.29 is 0 Å². The van der Waals surface area contributed by atoms with E-state index in [0.29, 0.717) is 10.8 Å². The number of imidazole rings is 1. The molecule has 0 bridgehead atoms. The molecule has 96 valence electrons. The largest absolute Gasteiger partial charge is 0.336 e. The maximum absolute atomic E-state index is 6.00. The minimum atomic E-state index is 0.653. The highest BCUT2D eigenvalue weighted by atomic mass is 79.9. The average molecular weight is 402 g/mol. The van der Waals surface area contributed by atoms with Crippen LogP contribution >= 0.6 is 43.5 Å². The number of nitrogens with zero attached hydrogens (tertiary/aromatic N) is 3. The molecule has 0 fully saturated rings. The molecule has 0 spiro atoms. The van der Waals surface area contributed by atoms with Gasteiger partial charge in [-0.3, -0.25) is 0 Å². The Morgan fingerprint density at radius 2 is 2.11 bits per heavy atom. The molecule has 1 N–H and O–H groups in total. The first kappa shape index (κ1) is 12.9. The van der Waals surface area contributed by atoms with Crippen LogP contribution in [0.5, 0.6) is 0 Å². The maximum atomic E-state index is 6.00. The maximum Gasteiger partial charge on any atom is 0.180 e. The minimum absolute atomic E-state index is 0.653. The van der Waals surface area contributed by atoms with Crippen LogP contribution in [0, 0.1) is 0 Å². The number of halogens is 3. The number of anilines is 2. The van der Waals surface area contributed by atoms with Gasteiger partial charge in [0.1, 0.15) is 4.60 Å². The smallest absolute Gasteiger partial charge is 0.180 e. The van der Waals surface area contributed by atoms with Crippen LogP contribution in [0.1, 0.15) is 0 Å². The molecule has 7 heteroatoms. The summed E-state index contributed by atoms with van der Waals surface area (Å²) in [5.74, 6) is 0.655.